The van der Waals surface area contributed by atoms with Gasteiger partial charge in [-0.25, -0.2) is 4.79 Å². The predicted molar refractivity (Wildman–Crippen MR) is 65.1 cm³/mol. The van der Waals surface area contributed by atoms with Crippen LogP contribution in [0.1, 0.15) is 20.8 Å². The number of thioether (sulfide) groups is 1. The highest BCUT2D eigenvalue weighted by atomic mass is 32.2. The van der Waals surface area contributed by atoms with Crippen molar-refractivity contribution < 1.29 is 19.1 Å². The van der Waals surface area contributed by atoms with E-state index >= 15 is 0 Å². The largest absolute Gasteiger partial charge is 0.463 e. The molecule has 1 amide bonds. The van der Waals surface area contributed by atoms with Crippen LogP contribution in [0.2, 0.25) is 0 Å². The molecule has 0 aromatic heterocycles. The van der Waals surface area contributed by atoms with Crippen LogP contribution in [0.5, 0.6) is 0 Å². The van der Waals surface area contributed by atoms with Gasteiger partial charge in [0.15, 0.2) is 0 Å². The third-order valence-electron chi connectivity index (χ3n) is 2.15. The molecule has 96 valence electrons. The van der Waals surface area contributed by atoms with Crippen molar-refractivity contribution in [1.82, 2.24) is 4.90 Å². The van der Waals surface area contributed by atoms with Crippen molar-refractivity contribution in [3.05, 3.63) is 11.1 Å². The molecule has 5 nitrogen and oxygen atoms in total. The van der Waals surface area contributed by atoms with Crippen LogP contribution in [0.4, 0.5) is 0 Å². The number of hydrogen-bond acceptors (Lipinski definition) is 5. The normalized spacial score (nSPS) is 19.8. The molecule has 0 aromatic rings. The quantitative estimate of drug-likeness (QED) is 0.551. The van der Waals surface area contributed by atoms with Crippen molar-refractivity contribution in [3.8, 4) is 0 Å². The van der Waals surface area contributed by atoms with E-state index in [2.05, 4.69) is 0 Å². The zero-order valence-electron chi connectivity index (χ0n) is 10.3. The van der Waals surface area contributed by atoms with Crippen molar-refractivity contribution in [3.63, 3.8) is 0 Å². The van der Waals surface area contributed by atoms with Crippen molar-refractivity contribution in [2.24, 2.45) is 0 Å². The van der Waals surface area contributed by atoms with Gasteiger partial charge in [0.1, 0.15) is 6.23 Å². The Hall–Kier alpha value is -1.01. The molecule has 0 radical (unpaired) electrons. The highest BCUT2D eigenvalue weighted by molar-refractivity contribution is 8.04. The lowest BCUT2D eigenvalue weighted by Crippen LogP contribution is -2.35. The summed E-state index contributed by atoms with van der Waals surface area (Å²) in [7, 11) is 0. The topological polar surface area (TPSA) is 55.8 Å². The van der Waals surface area contributed by atoms with Crippen molar-refractivity contribution in [2.45, 2.75) is 27.0 Å². The van der Waals surface area contributed by atoms with Crippen LogP contribution in [-0.2, 0) is 19.1 Å². The molecule has 1 saturated heterocycles. The second-order valence-corrected chi connectivity index (χ2v) is 4.34. The Morgan fingerprint density at radius 3 is 2.82 bits per heavy atom. The average Bonchev–Trinajstić information content (AvgIpc) is 2.60. The van der Waals surface area contributed by atoms with E-state index in [9.17, 15) is 9.59 Å². The Morgan fingerprint density at radius 1 is 1.53 bits per heavy atom. The standard InChI is InChI=1S/C11H17NO4S/c1-4-15-8(3)12-9(13)7-17-10(12)6-11(14)16-5-2/h6,8H,4-5,7H2,1-3H3/b10-6+. The van der Waals surface area contributed by atoms with Gasteiger partial charge in [0, 0.05) is 6.61 Å². The van der Waals surface area contributed by atoms with E-state index in [-0.39, 0.29) is 12.1 Å². The molecule has 1 fully saturated rings. The third-order valence-corrected chi connectivity index (χ3v) is 3.15. The van der Waals surface area contributed by atoms with Crippen molar-refractivity contribution >= 4 is 23.6 Å². The average molecular weight is 259 g/mol. The third kappa shape index (κ3) is 3.74. The smallest absolute Gasteiger partial charge is 0.333 e. The molecular weight excluding hydrogens is 242 g/mol. The summed E-state index contributed by atoms with van der Waals surface area (Å²) in [5.41, 5.74) is 0. The van der Waals surface area contributed by atoms with E-state index in [0.29, 0.717) is 24.0 Å². The Bertz CT molecular complexity index is 329. The fraction of sp³-hybridized carbons (Fsp3) is 0.636. The molecule has 1 rings (SSSR count). The van der Waals surface area contributed by atoms with Gasteiger partial charge in [0.05, 0.1) is 23.5 Å². The van der Waals surface area contributed by atoms with Crippen LogP contribution < -0.4 is 0 Å². The van der Waals surface area contributed by atoms with Gasteiger partial charge in [-0.2, -0.15) is 0 Å². The van der Waals surface area contributed by atoms with Crippen LogP contribution in [0.25, 0.3) is 0 Å². The maximum atomic E-state index is 11.7. The highest BCUT2D eigenvalue weighted by Crippen LogP contribution is 2.31. The Balaban J connectivity index is 2.77. The van der Waals surface area contributed by atoms with Gasteiger partial charge < -0.3 is 9.47 Å². The fourth-order valence-electron chi connectivity index (χ4n) is 1.49. The first kappa shape index (κ1) is 14.1. The number of rotatable bonds is 5. The molecule has 0 spiro atoms. The van der Waals surface area contributed by atoms with Gasteiger partial charge in [-0.15, -0.1) is 0 Å². The predicted octanol–water partition coefficient (Wildman–Crippen LogP) is 1.35. The van der Waals surface area contributed by atoms with Crippen molar-refractivity contribution in [1.29, 1.82) is 0 Å². The molecule has 0 N–H and O–H groups in total. The van der Waals surface area contributed by atoms with Crippen LogP contribution in [0, 0.1) is 0 Å². The van der Waals surface area contributed by atoms with Gasteiger partial charge >= 0.3 is 5.97 Å². The van der Waals surface area contributed by atoms with Gasteiger partial charge in [0.2, 0.25) is 5.91 Å². The van der Waals surface area contributed by atoms with E-state index < -0.39 is 5.97 Å². The summed E-state index contributed by atoms with van der Waals surface area (Å²) in [5.74, 6) is -0.146. The molecule has 0 aliphatic carbocycles. The maximum Gasteiger partial charge on any atom is 0.333 e. The van der Waals surface area contributed by atoms with Crippen molar-refractivity contribution in [2.75, 3.05) is 19.0 Å². The number of carbonyl (C=O) groups is 2. The molecule has 6 heteroatoms. The number of nitrogens with zero attached hydrogens (tertiary/aromatic N) is 1. The van der Waals surface area contributed by atoms with E-state index in [1.165, 1.54) is 22.7 Å². The number of hydrogen-bond donors (Lipinski definition) is 0. The minimum Gasteiger partial charge on any atom is -0.463 e. The van der Waals surface area contributed by atoms with E-state index in [1.54, 1.807) is 13.8 Å². The zero-order chi connectivity index (χ0) is 12.8. The Labute approximate surface area is 105 Å². The number of esters is 1. The molecule has 1 atom stereocenters. The summed E-state index contributed by atoms with van der Waals surface area (Å²) < 4.78 is 10.2. The second-order valence-electron chi connectivity index (χ2n) is 3.34. The first-order chi connectivity index (χ1) is 8.10. The van der Waals surface area contributed by atoms with Crippen LogP contribution in [0.15, 0.2) is 11.1 Å². The second kappa shape index (κ2) is 6.66. The summed E-state index contributed by atoms with van der Waals surface area (Å²) in [5, 5.41) is 0.592. The first-order valence-corrected chi connectivity index (χ1v) is 6.53. The molecule has 0 aromatic carbocycles. The minimum atomic E-state index is -0.432. The lowest BCUT2D eigenvalue weighted by atomic mass is 10.4. The van der Waals surface area contributed by atoms with E-state index in [0.717, 1.165) is 0 Å². The lowest BCUT2D eigenvalue weighted by Gasteiger charge is -2.24. The molecule has 0 bridgehead atoms. The highest BCUT2D eigenvalue weighted by Gasteiger charge is 2.31. The van der Waals surface area contributed by atoms with Crippen LogP contribution in [-0.4, -0.2) is 42.0 Å². The van der Waals surface area contributed by atoms with Crippen LogP contribution >= 0.6 is 11.8 Å². The molecule has 1 aliphatic rings. The molecule has 0 saturated carbocycles. The number of carbonyl (C=O) groups excluding carboxylic acids is 2. The zero-order valence-corrected chi connectivity index (χ0v) is 11.1. The van der Waals surface area contributed by atoms with Gasteiger partial charge in [-0.3, -0.25) is 9.69 Å². The Kier molecular flexibility index (Phi) is 5.50. The number of ether oxygens (including phenoxy) is 2. The first-order valence-electron chi connectivity index (χ1n) is 5.55. The Morgan fingerprint density at radius 2 is 2.24 bits per heavy atom. The summed E-state index contributed by atoms with van der Waals surface area (Å²) in [6, 6.07) is 0. The van der Waals surface area contributed by atoms with Crippen LogP contribution in [0.3, 0.4) is 0 Å². The van der Waals surface area contributed by atoms with E-state index in [4.69, 9.17) is 9.47 Å². The van der Waals surface area contributed by atoms with E-state index in [1.807, 2.05) is 6.92 Å². The van der Waals surface area contributed by atoms with Gasteiger partial charge in [-0.1, -0.05) is 11.8 Å². The monoisotopic (exact) mass is 259 g/mol. The summed E-state index contributed by atoms with van der Waals surface area (Å²) >= 11 is 1.32. The van der Waals surface area contributed by atoms with Gasteiger partial charge in [-0.05, 0) is 20.8 Å². The molecule has 1 aliphatic heterocycles. The van der Waals surface area contributed by atoms with Gasteiger partial charge in [0.25, 0.3) is 0 Å². The molecular formula is C11H17NO4S. The lowest BCUT2D eigenvalue weighted by molar-refractivity contribution is -0.137. The number of amides is 1. The molecule has 17 heavy (non-hydrogen) atoms. The summed E-state index contributed by atoms with van der Waals surface area (Å²) in [6.45, 7) is 6.22. The SMILES string of the molecule is CCOC(=O)/C=C1/SCC(=O)N1C(C)OCC. The molecule has 1 heterocycles. The molecule has 1 unspecified atom stereocenters. The fourth-order valence-corrected chi connectivity index (χ4v) is 2.47. The maximum absolute atomic E-state index is 11.7. The summed E-state index contributed by atoms with van der Waals surface area (Å²) in [6.07, 6.45) is 0.984. The summed E-state index contributed by atoms with van der Waals surface area (Å²) in [4.78, 5) is 24.5. The minimum absolute atomic E-state index is 0.0495.